The molecule has 4 aromatic rings. The van der Waals surface area contributed by atoms with Gasteiger partial charge >= 0.3 is 0 Å². The Hall–Kier alpha value is -5.38. The highest BCUT2D eigenvalue weighted by Crippen LogP contribution is 2.46. The summed E-state index contributed by atoms with van der Waals surface area (Å²) in [5.74, 6) is -2.54. The van der Waals surface area contributed by atoms with Gasteiger partial charge in [0, 0.05) is 78.3 Å². The first kappa shape index (κ1) is 41.9. The molecule has 4 aliphatic heterocycles. The molecule has 2 atom stereocenters. The van der Waals surface area contributed by atoms with Gasteiger partial charge in [-0.05, 0) is 107 Å². The topological polar surface area (TPSA) is 173 Å². The van der Waals surface area contributed by atoms with Gasteiger partial charge in [0.05, 0.1) is 28.4 Å². The number of amides is 5. The third-order valence-corrected chi connectivity index (χ3v) is 14.5. The summed E-state index contributed by atoms with van der Waals surface area (Å²) in [6.45, 7) is 4.97. The van der Waals surface area contributed by atoms with Crippen LogP contribution in [0.25, 0.3) is 11.1 Å². The summed E-state index contributed by atoms with van der Waals surface area (Å²) in [5.41, 5.74) is 8.99. The lowest BCUT2D eigenvalue weighted by atomic mass is 9.66. The van der Waals surface area contributed by atoms with Crippen LogP contribution in [-0.4, -0.2) is 97.3 Å². The van der Waals surface area contributed by atoms with E-state index in [-0.39, 0.29) is 52.2 Å². The molecule has 5 aliphatic rings. The number of nitrogen functional groups attached to an aromatic ring is 1. The molecule has 5 amide bonds. The number of benzene rings is 2. The Morgan fingerprint density at radius 1 is 0.887 bits per heavy atom. The van der Waals surface area contributed by atoms with Crippen LogP contribution in [0.4, 0.5) is 10.2 Å². The number of piperidine rings is 3. The largest absolute Gasteiger partial charge is 0.482 e. The number of anilines is 1. The highest BCUT2D eigenvalue weighted by molar-refractivity contribution is 6.36. The van der Waals surface area contributed by atoms with Crippen LogP contribution in [0.5, 0.6) is 5.75 Å². The molecule has 1 unspecified atom stereocenters. The first-order chi connectivity index (χ1) is 29.8. The standard InChI is InChI=1S/C45H47Cl2FN8O6/c1-25(38-33(46)4-5-34(48)39(38)47)62-36-21-27(22-50-40(36)49)28-23-51-55(24-28)30-10-16-53(17-11-30)29-8-12-45(13-9-29)14-18-54(19-15-45)42(59)26-2-3-31-32(20-26)44(61)56(43(31)60)35-6-7-37(57)52-41(35)58/h2-5,20-25,29-30,35H,6-19H2,1H3,(H2,49,50)(H,52,57,58)/t25-,35?/m1/s1. The highest BCUT2D eigenvalue weighted by atomic mass is 35.5. The quantitative estimate of drug-likeness (QED) is 0.138. The number of carbonyl (C=O) groups is 5. The summed E-state index contributed by atoms with van der Waals surface area (Å²) in [7, 11) is 0. The fourth-order valence-corrected chi connectivity index (χ4v) is 10.8. The molecule has 17 heteroatoms. The van der Waals surface area contributed by atoms with E-state index < -0.39 is 41.6 Å². The van der Waals surface area contributed by atoms with Crippen LogP contribution >= 0.6 is 23.2 Å². The lowest BCUT2D eigenvalue weighted by Gasteiger charge is -2.48. The van der Waals surface area contributed by atoms with Crippen LogP contribution in [0.15, 0.2) is 55.0 Å². The molecule has 0 bridgehead atoms. The Bertz CT molecular complexity index is 2470. The molecule has 4 fully saturated rings. The lowest BCUT2D eigenvalue weighted by molar-refractivity contribution is -0.136. The van der Waals surface area contributed by atoms with Crippen molar-refractivity contribution in [3.63, 3.8) is 0 Å². The van der Waals surface area contributed by atoms with Crippen molar-refractivity contribution in [3.8, 4) is 16.9 Å². The normalized spacial score (nSPS) is 21.6. The third kappa shape index (κ3) is 7.83. The van der Waals surface area contributed by atoms with Crippen LogP contribution in [-0.2, 0) is 9.59 Å². The molecule has 6 heterocycles. The minimum atomic E-state index is -1.05. The molecule has 9 rings (SSSR count). The monoisotopic (exact) mass is 884 g/mol. The van der Waals surface area contributed by atoms with Crippen molar-refractivity contribution in [3.05, 3.63) is 93.1 Å². The second kappa shape index (κ2) is 16.7. The molecular formula is C45H47Cl2FN8O6. The number of hydrogen-bond donors (Lipinski definition) is 2. The summed E-state index contributed by atoms with van der Waals surface area (Å²) in [5, 5.41) is 7.13. The molecule has 2 aromatic carbocycles. The third-order valence-electron chi connectivity index (χ3n) is 13.8. The number of fused-ring (bicyclic) bond motifs is 1. The van der Waals surface area contributed by atoms with Crippen LogP contribution in [0.2, 0.25) is 10.0 Å². The zero-order chi connectivity index (χ0) is 43.4. The minimum Gasteiger partial charge on any atom is -0.482 e. The molecule has 1 aliphatic carbocycles. The van der Waals surface area contributed by atoms with E-state index in [4.69, 9.17) is 38.8 Å². The van der Waals surface area contributed by atoms with Gasteiger partial charge in [0.15, 0.2) is 11.6 Å². The predicted molar refractivity (Wildman–Crippen MR) is 228 cm³/mol. The average molecular weight is 886 g/mol. The summed E-state index contributed by atoms with van der Waals surface area (Å²) >= 11 is 12.5. The number of rotatable bonds is 8. The van der Waals surface area contributed by atoms with Gasteiger partial charge in [-0.2, -0.15) is 5.10 Å². The zero-order valence-corrected chi connectivity index (χ0v) is 35.8. The molecular weight excluding hydrogens is 838 g/mol. The minimum absolute atomic E-state index is 0.0418. The van der Waals surface area contributed by atoms with Gasteiger partial charge in [-0.3, -0.25) is 38.9 Å². The number of likely N-dealkylation sites (tertiary alicyclic amines) is 2. The zero-order valence-electron chi connectivity index (χ0n) is 34.2. The molecule has 324 valence electrons. The van der Waals surface area contributed by atoms with E-state index in [1.807, 2.05) is 22.0 Å². The molecule has 3 N–H and O–H groups in total. The number of ether oxygens (including phenoxy) is 1. The molecule has 3 saturated heterocycles. The maximum atomic E-state index is 14.2. The van der Waals surface area contributed by atoms with Crippen molar-refractivity contribution in [1.29, 1.82) is 0 Å². The van der Waals surface area contributed by atoms with Gasteiger partial charge < -0.3 is 20.3 Å². The average Bonchev–Trinajstić information content (AvgIpc) is 3.86. The van der Waals surface area contributed by atoms with Gasteiger partial charge in [-0.25, -0.2) is 9.37 Å². The number of hydrogen-bond acceptors (Lipinski definition) is 10. The SMILES string of the molecule is C[C@@H](Oc1cc(-c2cnn(C3CCN(C4CCC5(CC4)CCN(C(=O)c4ccc6c(c4)C(=O)N(C4CCC(=O)NC4=O)C6=O)CC5)CC3)c2)cnc1N)c1c(Cl)ccc(F)c1Cl. The van der Waals surface area contributed by atoms with Crippen molar-refractivity contribution in [2.75, 3.05) is 31.9 Å². The van der Waals surface area contributed by atoms with E-state index in [0.717, 1.165) is 80.5 Å². The fraction of sp³-hybridized carbons (Fsp3) is 0.444. The Kier molecular flexibility index (Phi) is 11.3. The molecule has 1 saturated carbocycles. The number of aromatic nitrogens is 3. The predicted octanol–water partition coefficient (Wildman–Crippen LogP) is 7.02. The Morgan fingerprint density at radius 3 is 2.34 bits per heavy atom. The van der Waals surface area contributed by atoms with E-state index in [0.29, 0.717) is 41.0 Å². The number of imide groups is 2. The van der Waals surface area contributed by atoms with Crippen molar-refractivity contribution < 1.29 is 33.1 Å². The number of nitrogens with two attached hydrogens (primary N) is 1. The summed E-state index contributed by atoms with van der Waals surface area (Å²) in [6.07, 6.45) is 13.3. The number of nitrogens with zero attached hydrogens (tertiary/aromatic N) is 6. The van der Waals surface area contributed by atoms with Gasteiger partial charge in [-0.15, -0.1) is 0 Å². The van der Waals surface area contributed by atoms with Crippen molar-refractivity contribution >= 4 is 58.6 Å². The molecule has 62 heavy (non-hydrogen) atoms. The van der Waals surface area contributed by atoms with E-state index in [2.05, 4.69) is 15.2 Å². The van der Waals surface area contributed by atoms with Gasteiger partial charge in [-0.1, -0.05) is 23.2 Å². The maximum absolute atomic E-state index is 14.2. The molecule has 2 aromatic heterocycles. The van der Waals surface area contributed by atoms with Gasteiger partial charge in [0.25, 0.3) is 17.7 Å². The van der Waals surface area contributed by atoms with Crippen LogP contribution in [0.3, 0.4) is 0 Å². The fourth-order valence-electron chi connectivity index (χ4n) is 10.1. The lowest BCUT2D eigenvalue weighted by Crippen LogP contribution is -2.54. The number of nitrogens with one attached hydrogen (secondary N) is 1. The van der Waals surface area contributed by atoms with E-state index in [9.17, 15) is 28.4 Å². The van der Waals surface area contributed by atoms with Crippen LogP contribution in [0, 0.1) is 11.2 Å². The van der Waals surface area contributed by atoms with Gasteiger partial charge in [0.1, 0.15) is 18.0 Å². The molecule has 0 radical (unpaired) electrons. The first-order valence-corrected chi connectivity index (χ1v) is 22.0. The summed E-state index contributed by atoms with van der Waals surface area (Å²) in [4.78, 5) is 74.0. The molecule has 14 nitrogen and oxygen atoms in total. The number of pyridine rings is 1. The van der Waals surface area contributed by atoms with E-state index in [1.165, 1.54) is 24.3 Å². The maximum Gasteiger partial charge on any atom is 0.262 e. The van der Waals surface area contributed by atoms with Gasteiger partial charge in [0.2, 0.25) is 11.8 Å². The summed E-state index contributed by atoms with van der Waals surface area (Å²) in [6, 6.07) is 8.74. The Labute approximate surface area is 367 Å². The van der Waals surface area contributed by atoms with E-state index >= 15 is 0 Å². The van der Waals surface area contributed by atoms with Crippen LogP contribution in [0.1, 0.15) is 120 Å². The Morgan fingerprint density at radius 2 is 1.61 bits per heavy atom. The number of halogens is 3. The second-order valence-electron chi connectivity index (χ2n) is 17.3. The van der Waals surface area contributed by atoms with Crippen molar-refractivity contribution in [2.45, 2.75) is 95.4 Å². The Balaban J connectivity index is 0.752. The highest BCUT2D eigenvalue weighted by Gasteiger charge is 2.46. The second-order valence-corrected chi connectivity index (χ2v) is 18.1. The first-order valence-electron chi connectivity index (χ1n) is 21.3. The van der Waals surface area contributed by atoms with E-state index in [1.54, 1.807) is 25.3 Å². The molecule has 1 spiro atoms. The van der Waals surface area contributed by atoms with Crippen molar-refractivity contribution in [2.24, 2.45) is 5.41 Å². The smallest absolute Gasteiger partial charge is 0.262 e. The number of carbonyl (C=O) groups excluding carboxylic acids is 5. The van der Waals surface area contributed by atoms with Crippen molar-refractivity contribution in [1.82, 2.24) is 34.8 Å². The van der Waals surface area contributed by atoms with Crippen LogP contribution < -0.4 is 15.8 Å². The summed E-state index contributed by atoms with van der Waals surface area (Å²) < 4.78 is 22.3.